The van der Waals surface area contributed by atoms with Crippen LogP contribution < -0.4 is 29.1 Å². The van der Waals surface area contributed by atoms with E-state index in [2.05, 4.69) is 9.73 Å². The largest absolute Gasteiger partial charge is 0.490 e. The molecule has 1 atom stereocenters. The van der Waals surface area contributed by atoms with E-state index in [1.54, 1.807) is 57.2 Å². The molecule has 0 spiro atoms. The molecule has 17 heteroatoms. The minimum atomic E-state index is -0.978. The molecule has 0 radical (unpaired) electrons. The second-order valence-corrected chi connectivity index (χ2v) is 11.7. The lowest BCUT2D eigenvalue weighted by Crippen LogP contribution is -2.40. The molecular formula is C34H30N4O12S. The van der Waals surface area contributed by atoms with E-state index < -0.39 is 44.8 Å². The van der Waals surface area contributed by atoms with E-state index in [9.17, 15) is 34.6 Å². The predicted octanol–water partition coefficient (Wildman–Crippen LogP) is 4.36. The molecule has 2 heterocycles. The van der Waals surface area contributed by atoms with Gasteiger partial charge in [-0.05, 0) is 68.3 Å². The van der Waals surface area contributed by atoms with E-state index in [1.165, 1.54) is 23.8 Å². The van der Waals surface area contributed by atoms with E-state index in [-0.39, 0.29) is 52.9 Å². The number of rotatable bonds is 13. The number of allylic oxidation sites excluding steroid dienone is 1. The van der Waals surface area contributed by atoms with Gasteiger partial charge in [0.05, 0.1) is 58.1 Å². The van der Waals surface area contributed by atoms with Gasteiger partial charge in [0.2, 0.25) is 5.75 Å². The second kappa shape index (κ2) is 15.5. The summed E-state index contributed by atoms with van der Waals surface area (Å²) in [5, 5.41) is 22.7. The molecule has 264 valence electrons. The Hall–Kier alpha value is -6.36. The van der Waals surface area contributed by atoms with Gasteiger partial charge in [0.1, 0.15) is 5.75 Å². The van der Waals surface area contributed by atoms with Gasteiger partial charge in [-0.2, -0.15) is 0 Å². The third-order valence-corrected chi connectivity index (χ3v) is 8.39. The molecule has 0 N–H and O–H groups in total. The summed E-state index contributed by atoms with van der Waals surface area (Å²) in [6.07, 6.45) is 1.58. The number of thiazole rings is 1. The standard InChI is InChI=1S/C34H30N4O12S/c1-5-47-27-16-21(10-12-26(27)49-18-29(39)46-4)31-30(33(41)48-6-2)19(3)35-34-36(31)32(40)28(51-34)15-20-8-7-9-23(14-20)50-25-13-11-22(37(42)43)17-24(25)38(44)45/h7-17,31H,5-6,18H2,1-4H3/b28-15+/t31-/m0/s1. The van der Waals surface area contributed by atoms with E-state index in [0.29, 0.717) is 21.6 Å². The number of methoxy groups -OCH3 is 1. The Morgan fingerprint density at radius 3 is 2.41 bits per heavy atom. The fourth-order valence-electron chi connectivity index (χ4n) is 5.18. The van der Waals surface area contributed by atoms with E-state index >= 15 is 0 Å². The van der Waals surface area contributed by atoms with Crippen molar-refractivity contribution in [2.24, 2.45) is 4.99 Å². The number of aromatic nitrogens is 1. The number of hydrogen-bond donors (Lipinski definition) is 0. The number of benzene rings is 3. The molecule has 0 bridgehead atoms. The molecule has 0 aliphatic carbocycles. The summed E-state index contributed by atoms with van der Waals surface area (Å²) in [7, 11) is 1.24. The smallest absolute Gasteiger partial charge is 0.343 e. The van der Waals surface area contributed by atoms with Gasteiger partial charge in [0.25, 0.3) is 11.2 Å². The van der Waals surface area contributed by atoms with Crippen molar-refractivity contribution in [1.29, 1.82) is 0 Å². The summed E-state index contributed by atoms with van der Waals surface area (Å²) in [6.45, 7) is 5.04. The van der Waals surface area contributed by atoms with E-state index in [1.807, 2.05) is 0 Å². The molecule has 51 heavy (non-hydrogen) atoms. The number of carbonyl (C=O) groups is 2. The van der Waals surface area contributed by atoms with Crippen LogP contribution >= 0.6 is 11.3 Å². The molecule has 1 aliphatic rings. The zero-order valence-corrected chi connectivity index (χ0v) is 28.5. The van der Waals surface area contributed by atoms with Crippen molar-refractivity contribution >= 4 is 40.7 Å². The highest BCUT2D eigenvalue weighted by Gasteiger charge is 2.34. The summed E-state index contributed by atoms with van der Waals surface area (Å²) in [4.78, 5) is 65.3. The number of nitrogens with zero attached hydrogens (tertiary/aromatic N) is 4. The highest BCUT2D eigenvalue weighted by atomic mass is 32.1. The fourth-order valence-corrected chi connectivity index (χ4v) is 6.23. The summed E-state index contributed by atoms with van der Waals surface area (Å²) < 4.78 is 28.8. The summed E-state index contributed by atoms with van der Waals surface area (Å²) in [6, 6.07) is 13.3. The molecule has 5 rings (SSSR count). The van der Waals surface area contributed by atoms with Crippen molar-refractivity contribution in [2.45, 2.75) is 26.8 Å². The van der Waals surface area contributed by atoms with E-state index in [4.69, 9.17) is 18.9 Å². The number of fused-ring (bicyclic) bond motifs is 1. The number of non-ortho nitro benzene ring substituents is 1. The average molecular weight is 719 g/mol. The Bertz CT molecular complexity index is 2260. The maximum absolute atomic E-state index is 14.1. The number of esters is 2. The van der Waals surface area contributed by atoms with Crippen molar-refractivity contribution < 1.29 is 43.1 Å². The Labute approximate surface area is 292 Å². The Kier molecular flexibility index (Phi) is 10.9. The van der Waals surface area contributed by atoms with E-state index in [0.717, 1.165) is 29.5 Å². The van der Waals surface area contributed by atoms with Crippen LogP contribution in [0.3, 0.4) is 0 Å². The minimum absolute atomic E-state index is 0.0820. The molecule has 16 nitrogen and oxygen atoms in total. The van der Waals surface area contributed by atoms with Crippen molar-refractivity contribution in [1.82, 2.24) is 4.57 Å². The van der Waals surface area contributed by atoms with Crippen LogP contribution in [0.25, 0.3) is 6.08 Å². The van der Waals surface area contributed by atoms with Gasteiger partial charge in [0, 0.05) is 6.07 Å². The molecule has 0 saturated carbocycles. The SMILES string of the molecule is CCOC(=O)C1=C(C)N=c2s/c(=C/c3cccc(Oc4ccc([N+](=O)[O-])cc4[N+](=O)[O-])c3)c(=O)n2[C@H]1c1ccc(OCC(=O)OC)c(OCC)c1. The molecule has 0 saturated heterocycles. The number of hydrogen-bond acceptors (Lipinski definition) is 14. The van der Waals surface area contributed by atoms with Gasteiger partial charge in [-0.3, -0.25) is 29.6 Å². The first kappa shape index (κ1) is 35.9. The maximum atomic E-state index is 14.1. The van der Waals surface area contributed by atoms with Crippen molar-refractivity contribution in [3.8, 4) is 23.0 Å². The lowest BCUT2D eigenvalue weighted by molar-refractivity contribution is -0.394. The topological polar surface area (TPSA) is 201 Å². The molecule has 4 aromatic rings. The molecule has 0 amide bonds. The number of nitro benzene ring substituents is 2. The average Bonchev–Trinajstić information content (AvgIpc) is 3.40. The van der Waals surface area contributed by atoms with Gasteiger partial charge in [-0.25, -0.2) is 14.6 Å². The zero-order chi connectivity index (χ0) is 36.8. The lowest BCUT2D eigenvalue weighted by Gasteiger charge is -2.25. The minimum Gasteiger partial charge on any atom is -0.490 e. The van der Waals surface area contributed by atoms with Crippen molar-refractivity contribution in [3.63, 3.8) is 0 Å². The second-order valence-electron chi connectivity index (χ2n) is 10.6. The van der Waals surface area contributed by atoms with Crippen molar-refractivity contribution in [3.05, 3.63) is 123 Å². The van der Waals surface area contributed by atoms with Crippen LogP contribution in [0, 0.1) is 20.2 Å². The third kappa shape index (κ3) is 7.78. The van der Waals surface area contributed by atoms with Gasteiger partial charge >= 0.3 is 17.6 Å². The number of ether oxygens (including phenoxy) is 5. The molecule has 0 unspecified atom stereocenters. The van der Waals surface area contributed by atoms with Crippen LogP contribution in [0.1, 0.15) is 37.9 Å². The van der Waals surface area contributed by atoms with Crippen molar-refractivity contribution in [2.75, 3.05) is 26.9 Å². The number of carbonyl (C=O) groups excluding carboxylic acids is 2. The van der Waals surface area contributed by atoms with Crippen LogP contribution in [0.15, 0.2) is 81.7 Å². The zero-order valence-electron chi connectivity index (χ0n) is 27.6. The quantitative estimate of drug-likeness (QED) is 0.108. The summed E-state index contributed by atoms with van der Waals surface area (Å²) in [5.74, 6) is -0.780. The predicted molar refractivity (Wildman–Crippen MR) is 182 cm³/mol. The Balaban J connectivity index is 1.59. The normalized spacial score (nSPS) is 13.9. The molecule has 1 aromatic heterocycles. The molecule has 3 aromatic carbocycles. The van der Waals surface area contributed by atoms with Gasteiger partial charge in [-0.1, -0.05) is 29.5 Å². The maximum Gasteiger partial charge on any atom is 0.343 e. The Morgan fingerprint density at radius 1 is 0.961 bits per heavy atom. The lowest BCUT2D eigenvalue weighted by atomic mass is 9.95. The molecule has 1 aliphatic heterocycles. The van der Waals surface area contributed by atoms with Crippen LogP contribution in [0.2, 0.25) is 0 Å². The number of nitro groups is 2. The Morgan fingerprint density at radius 2 is 1.73 bits per heavy atom. The highest BCUT2D eigenvalue weighted by molar-refractivity contribution is 7.07. The van der Waals surface area contributed by atoms with Gasteiger partial charge in [0.15, 0.2) is 22.9 Å². The van der Waals surface area contributed by atoms with Gasteiger partial charge in [-0.15, -0.1) is 0 Å². The van der Waals surface area contributed by atoms with Gasteiger partial charge < -0.3 is 23.7 Å². The first-order chi connectivity index (χ1) is 24.4. The molecule has 0 fully saturated rings. The first-order valence-corrected chi connectivity index (χ1v) is 16.1. The van der Waals surface area contributed by atoms with Crippen LogP contribution in [-0.2, 0) is 19.1 Å². The fraction of sp³-hybridized carbons (Fsp3) is 0.235. The highest BCUT2D eigenvalue weighted by Crippen LogP contribution is 2.37. The third-order valence-electron chi connectivity index (χ3n) is 7.41. The summed E-state index contributed by atoms with van der Waals surface area (Å²) >= 11 is 1.08. The first-order valence-electron chi connectivity index (χ1n) is 15.3. The van der Waals surface area contributed by atoms with Crippen LogP contribution in [-0.4, -0.2) is 53.3 Å². The monoisotopic (exact) mass is 718 g/mol. The molecular weight excluding hydrogens is 688 g/mol. The summed E-state index contributed by atoms with van der Waals surface area (Å²) in [5.41, 5.74) is -0.0721. The van der Waals surface area contributed by atoms with Crippen LogP contribution in [0.5, 0.6) is 23.0 Å². The van der Waals surface area contributed by atoms with Crippen LogP contribution in [0.4, 0.5) is 11.4 Å².